The van der Waals surface area contributed by atoms with Gasteiger partial charge in [-0.2, -0.15) is 5.26 Å². The van der Waals surface area contributed by atoms with Gasteiger partial charge in [-0.3, -0.25) is 14.9 Å². The lowest BCUT2D eigenvalue weighted by molar-refractivity contribution is -0.384. The van der Waals surface area contributed by atoms with E-state index in [1.807, 2.05) is 4.90 Å². The van der Waals surface area contributed by atoms with Crippen molar-refractivity contribution in [3.63, 3.8) is 0 Å². The van der Waals surface area contributed by atoms with Crippen molar-refractivity contribution in [2.45, 2.75) is 0 Å². The Bertz CT molecular complexity index is 1200. The van der Waals surface area contributed by atoms with Crippen LogP contribution < -0.4 is 4.90 Å². The molecule has 2 aromatic carbocycles. The molecule has 4 rings (SSSR count). The van der Waals surface area contributed by atoms with E-state index in [4.69, 9.17) is 0 Å². The van der Waals surface area contributed by atoms with E-state index < -0.39 is 10.7 Å². The summed E-state index contributed by atoms with van der Waals surface area (Å²) in [7, 11) is 0. The van der Waals surface area contributed by atoms with E-state index in [9.17, 15) is 24.6 Å². The summed E-state index contributed by atoms with van der Waals surface area (Å²) in [5, 5.41) is 20.9. The first-order valence-electron chi connectivity index (χ1n) is 9.25. The zero-order valence-corrected chi connectivity index (χ0v) is 15.8. The van der Waals surface area contributed by atoms with Crippen molar-refractivity contribution in [1.29, 1.82) is 5.26 Å². The van der Waals surface area contributed by atoms with E-state index in [1.54, 1.807) is 17.0 Å². The number of nitro benzene ring substituents is 1. The Morgan fingerprint density at radius 3 is 2.57 bits per heavy atom. The van der Waals surface area contributed by atoms with Crippen LogP contribution >= 0.6 is 0 Å². The molecule has 0 bridgehead atoms. The van der Waals surface area contributed by atoms with Gasteiger partial charge in [0.1, 0.15) is 11.6 Å². The fraction of sp³-hybridized carbons (Fsp3) is 0.190. The number of benzene rings is 2. The number of carbonyl (C=O) groups is 1. The molecular formula is C21H16FN5O3. The number of amides is 1. The molecule has 1 saturated heterocycles. The minimum Gasteiger partial charge on any atom is -0.353 e. The summed E-state index contributed by atoms with van der Waals surface area (Å²) in [5.74, 6) is -0.111. The second-order valence-corrected chi connectivity index (χ2v) is 6.89. The van der Waals surface area contributed by atoms with Gasteiger partial charge < -0.3 is 9.80 Å². The Hall–Kier alpha value is -4.06. The molecule has 0 saturated carbocycles. The van der Waals surface area contributed by atoms with Crippen molar-refractivity contribution >= 4 is 28.3 Å². The first-order chi connectivity index (χ1) is 14.5. The van der Waals surface area contributed by atoms with E-state index in [0.29, 0.717) is 54.0 Å². The number of pyridine rings is 1. The number of non-ortho nitro benzene ring substituents is 1. The van der Waals surface area contributed by atoms with Crippen molar-refractivity contribution in [2.24, 2.45) is 0 Å². The van der Waals surface area contributed by atoms with E-state index in [2.05, 4.69) is 11.1 Å². The highest BCUT2D eigenvalue weighted by atomic mass is 19.1. The number of carbonyl (C=O) groups excluding carboxylic acids is 1. The largest absolute Gasteiger partial charge is 0.353 e. The molecule has 150 valence electrons. The molecule has 3 aromatic rings. The number of nitriles is 1. The van der Waals surface area contributed by atoms with Crippen LogP contribution in [0, 0.1) is 27.3 Å². The summed E-state index contributed by atoms with van der Waals surface area (Å²) < 4.78 is 13.4. The Morgan fingerprint density at radius 2 is 1.90 bits per heavy atom. The summed E-state index contributed by atoms with van der Waals surface area (Å²) in [6.45, 7) is 1.85. The van der Waals surface area contributed by atoms with Crippen LogP contribution in [0.2, 0.25) is 0 Å². The molecule has 0 aliphatic carbocycles. The Morgan fingerprint density at radius 1 is 1.13 bits per heavy atom. The SMILES string of the molecule is N#Cc1cc(N2CCN(C(=O)c3cccc(F)c3)CC2)nc2ccc([N+](=O)[O-])cc12. The minimum atomic E-state index is -0.511. The molecule has 1 aliphatic heterocycles. The van der Waals surface area contributed by atoms with Gasteiger partial charge in [0.2, 0.25) is 0 Å². The number of halogens is 1. The number of fused-ring (bicyclic) bond motifs is 1. The minimum absolute atomic E-state index is 0.0991. The normalized spacial score (nSPS) is 13.9. The highest BCUT2D eigenvalue weighted by molar-refractivity contribution is 5.94. The summed E-state index contributed by atoms with van der Waals surface area (Å²) in [5.41, 5.74) is 1.00. The molecule has 0 spiro atoms. The van der Waals surface area contributed by atoms with Gasteiger partial charge in [-0.05, 0) is 30.3 Å². The number of nitrogens with zero attached hydrogens (tertiary/aromatic N) is 5. The fourth-order valence-electron chi connectivity index (χ4n) is 3.51. The van der Waals surface area contributed by atoms with Crippen molar-refractivity contribution in [2.75, 3.05) is 31.1 Å². The maximum Gasteiger partial charge on any atom is 0.270 e. The molecule has 0 radical (unpaired) electrons. The van der Waals surface area contributed by atoms with Gasteiger partial charge >= 0.3 is 0 Å². The van der Waals surface area contributed by atoms with E-state index in [-0.39, 0.29) is 11.6 Å². The van der Waals surface area contributed by atoms with Crippen LogP contribution in [0.4, 0.5) is 15.9 Å². The molecule has 30 heavy (non-hydrogen) atoms. The molecule has 2 heterocycles. The number of anilines is 1. The maximum atomic E-state index is 13.4. The third-order valence-electron chi connectivity index (χ3n) is 5.07. The molecule has 8 nitrogen and oxygen atoms in total. The van der Waals surface area contributed by atoms with Crippen LogP contribution in [0.3, 0.4) is 0 Å². The average Bonchev–Trinajstić information content (AvgIpc) is 2.77. The zero-order valence-electron chi connectivity index (χ0n) is 15.8. The zero-order chi connectivity index (χ0) is 21.3. The van der Waals surface area contributed by atoms with Crippen LogP contribution in [-0.2, 0) is 0 Å². The molecule has 1 fully saturated rings. The molecule has 0 N–H and O–H groups in total. The van der Waals surface area contributed by atoms with Gasteiger partial charge in [-0.15, -0.1) is 0 Å². The highest BCUT2D eigenvalue weighted by Gasteiger charge is 2.24. The van der Waals surface area contributed by atoms with Crippen molar-refractivity contribution < 1.29 is 14.1 Å². The molecule has 1 aromatic heterocycles. The number of hydrogen-bond donors (Lipinski definition) is 0. The van der Waals surface area contributed by atoms with Gasteiger partial charge in [0, 0.05) is 49.3 Å². The maximum absolute atomic E-state index is 13.4. The topological polar surface area (TPSA) is 103 Å². The van der Waals surface area contributed by atoms with Crippen LogP contribution in [0.25, 0.3) is 10.9 Å². The van der Waals surface area contributed by atoms with Crippen LogP contribution in [-0.4, -0.2) is 46.9 Å². The predicted molar refractivity (Wildman–Crippen MR) is 108 cm³/mol. The van der Waals surface area contributed by atoms with Crippen LogP contribution in [0.1, 0.15) is 15.9 Å². The lowest BCUT2D eigenvalue weighted by Gasteiger charge is -2.35. The van der Waals surface area contributed by atoms with E-state index in [1.165, 1.54) is 36.4 Å². The second-order valence-electron chi connectivity index (χ2n) is 6.89. The summed E-state index contributed by atoms with van der Waals surface area (Å²) in [4.78, 5) is 31.2. The molecule has 1 amide bonds. The predicted octanol–water partition coefficient (Wildman–Crippen LogP) is 3.12. The number of hydrogen-bond acceptors (Lipinski definition) is 6. The standard InChI is InChI=1S/C21H16FN5O3/c22-16-3-1-2-14(10-16)21(28)26-8-6-25(7-9-26)20-11-15(13-23)18-12-17(27(29)30)4-5-19(18)24-20/h1-5,10-12H,6-9H2. The second kappa shape index (κ2) is 7.75. The molecule has 0 unspecified atom stereocenters. The molecular weight excluding hydrogens is 389 g/mol. The summed E-state index contributed by atoms with van der Waals surface area (Å²) in [6, 6.07) is 13.5. The first-order valence-corrected chi connectivity index (χ1v) is 9.25. The first kappa shape index (κ1) is 19.3. The lowest BCUT2D eigenvalue weighted by atomic mass is 10.1. The highest BCUT2D eigenvalue weighted by Crippen LogP contribution is 2.27. The third kappa shape index (κ3) is 3.63. The molecule has 0 atom stereocenters. The van der Waals surface area contributed by atoms with Gasteiger partial charge in [-0.25, -0.2) is 9.37 Å². The van der Waals surface area contributed by atoms with Crippen molar-refractivity contribution in [3.8, 4) is 6.07 Å². The number of aromatic nitrogens is 1. The van der Waals surface area contributed by atoms with Gasteiger partial charge in [0.25, 0.3) is 11.6 Å². The smallest absolute Gasteiger partial charge is 0.270 e. The van der Waals surface area contributed by atoms with Crippen LogP contribution in [0.5, 0.6) is 0 Å². The average molecular weight is 405 g/mol. The summed E-state index contributed by atoms with van der Waals surface area (Å²) >= 11 is 0. The number of piperazine rings is 1. The quantitative estimate of drug-likeness (QED) is 0.490. The van der Waals surface area contributed by atoms with Crippen molar-refractivity contribution in [1.82, 2.24) is 9.88 Å². The monoisotopic (exact) mass is 405 g/mol. The number of nitro groups is 1. The van der Waals surface area contributed by atoms with Crippen molar-refractivity contribution in [3.05, 3.63) is 75.6 Å². The van der Waals surface area contributed by atoms with Crippen LogP contribution in [0.15, 0.2) is 48.5 Å². The van der Waals surface area contributed by atoms with E-state index >= 15 is 0 Å². The summed E-state index contributed by atoms with van der Waals surface area (Å²) in [6.07, 6.45) is 0. The molecule has 1 aliphatic rings. The fourth-order valence-corrected chi connectivity index (χ4v) is 3.51. The third-order valence-corrected chi connectivity index (χ3v) is 5.07. The Kier molecular flexibility index (Phi) is 4.98. The van der Waals surface area contributed by atoms with Gasteiger partial charge in [0.15, 0.2) is 0 Å². The van der Waals surface area contributed by atoms with E-state index in [0.717, 1.165) is 0 Å². The Balaban J connectivity index is 1.54. The Labute approximate surface area is 170 Å². The van der Waals surface area contributed by atoms with Gasteiger partial charge in [0.05, 0.1) is 22.1 Å². The van der Waals surface area contributed by atoms with Gasteiger partial charge in [-0.1, -0.05) is 6.07 Å². The molecule has 9 heteroatoms. The number of rotatable bonds is 3. The lowest BCUT2D eigenvalue weighted by Crippen LogP contribution is -2.49.